The summed E-state index contributed by atoms with van der Waals surface area (Å²) in [4.78, 5) is 22.1. The second-order valence-corrected chi connectivity index (χ2v) is 4.61. The van der Waals surface area contributed by atoms with E-state index in [-0.39, 0.29) is 10.9 Å². The average molecular weight is 238 g/mol. The minimum Gasteiger partial charge on any atom is -0.344 e. The Morgan fingerprint density at radius 3 is 2.50 bits per heavy atom. The number of amides is 1. The molecule has 6 heteroatoms. The topological polar surface area (TPSA) is 72.2 Å². The molecule has 0 spiro atoms. The molecule has 0 unspecified atom stereocenters. The zero-order valence-electron chi connectivity index (χ0n) is 8.38. The van der Waals surface area contributed by atoms with E-state index in [0.29, 0.717) is 10.9 Å². The van der Waals surface area contributed by atoms with E-state index in [4.69, 9.17) is 0 Å². The molecule has 0 heterocycles. The van der Waals surface area contributed by atoms with Crippen LogP contribution in [0.4, 0.5) is 10.5 Å². The first-order valence-electron chi connectivity index (χ1n) is 4.88. The Morgan fingerprint density at radius 2 is 2.00 bits per heavy atom. The Kier molecular flexibility index (Phi) is 3.09. The van der Waals surface area contributed by atoms with Crippen LogP contribution in [0.1, 0.15) is 12.8 Å². The number of nitrogens with zero attached hydrogens (tertiary/aromatic N) is 1. The van der Waals surface area contributed by atoms with Crippen LogP contribution in [0.2, 0.25) is 0 Å². The summed E-state index contributed by atoms with van der Waals surface area (Å²) in [6, 6.07) is 6.28. The van der Waals surface area contributed by atoms with Crippen LogP contribution >= 0.6 is 11.8 Å². The van der Waals surface area contributed by atoms with Gasteiger partial charge in [0.1, 0.15) is 0 Å². The van der Waals surface area contributed by atoms with E-state index in [0.717, 1.165) is 24.6 Å². The summed E-state index contributed by atoms with van der Waals surface area (Å²) in [5.41, 5.74) is 0.0342. The number of carbonyl (C=O) groups is 1. The number of carbonyl (C=O) groups excluding carboxylic acids is 1. The molecule has 0 aromatic heterocycles. The molecule has 2 rings (SSSR count). The van der Waals surface area contributed by atoms with Gasteiger partial charge in [-0.1, -0.05) is 0 Å². The van der Waals surface area contributed by atoms with Crippen LogP contribution in [0, 0.1) is 10.1 Å². The van der Waals surface area contributed by atoms with Crippen molar-refractivity contribution in [3.05, 3.63) is 34.4 Å². The number of non-ortho nitro benzene ring substituents is 1. The highest BCUT2D eigenvalue weighted by atomic mass is 32.2. The van der Waals surface area contributed by atoms with Crippen LogP contribution in [-0.2, 0) is 0 Å². The zero-order chi connectivity index (χ0) is 11.5. The smallest absolute Gasteiger partial charge is 0.284 e. The van der Waals surface area contributed by atoms with E-state index in [9.17, 15) is 14.9 Å². The maximum absolute atomic E-state index is 11.4. The van der Waals surface area contributed by atoms with Gasteiger partial charge in [0, 0.05) is 23.1 Å². The highest BCUT2D eigenvalue weighted by Gasteiger charge is 2.23. The van der Waals surface area contributed by atoms with Gasteiger partial charge in [-0.3, -0.25) is 14.9 Å². The number of hydrogen-bond acceptors (Lipinski definition) is 4. The van der Waals surface area contributed by atoms with Crippen LogP contribution in [0.5, 0.6) is 0 Å². The third kappa shape index (κ3) is 2.96. The Hall–Kier alpha value is -1.56. The van der Waals surface area contributed by atoms with Gasteiger partial charge in [-0.15, -0.1) is 0 Å². The second-order valence-electron chi connectivity index (χ2n) is 3.56. The molecule has 0 atom stereocenters. The lowest BCUT2D eigenvalue weighted by Crippen LogP contribution is -2.20. The molecule has 84 valence electrons. The summed E-state index contributed by atoms with van der Waals surface area (Å²) in [6.45, 7) is 0. The molecule has 1 amide bonds. The molecule has 0 saturated heterocycles. The first kappa shape index (κ1) is 10.9. The number of hydrogen-bond donors (Lipinski definition) is 1. The van der Waals surface area contributed by atoms with Crippen molar-refractivity contribution >= 4 is 22.7 Å². The van der Waals surface area contributed by atoms with Gasteiger partial charge in [0.15, 0.2) is 0 Å². The van der Waals surface area contributed by atoms with E-state index in [1.165, 1.54) is 12.1 Å². The molecule has 1 saturated carbocycles. The summed E-state index contributed by atoms with van der Waals surface area (Å²) in [6.07, 6.45) is 2.10. The fraction of sp³-hybridized carbons (Fsp3) is 0.300. The summed E-state index contributed by atoms with van der Waals surface area (Å²) in [5.74, 6) is 0. The Labute approximate surface area is 96.4 Å². The Morgan fingerprint density at radius 1 is 1.38 bits per heavy atom. The Bertz CT molecular complexity index is 415. The second kappa shape index (κ2) is 4.52. The fourth-order valence-electron chi connectivity index (χ4n) is 1.17. The Balaban J connectivity index is 1.93. The first-order chi connectivity index (χ1) is 7.65. The molecule has 1 aromatic carbocycles. The van der Waals surface area contributed by atoms with Gasteiger partial charge in [-0.25, -0.2) is 0 Å². The van der Waals surface area contributed by atoms with Crippen LogP contribution in [0.3, 0.4) is 0 Å². The van der Waals surface area contributed by atoms with E-state index < -0.39 is 4.92 Å². The number of nitrogens with one attached hydrogen (secondary N) is 1. The number of rotatable bonds is 3. The van der Waals surface area contributed by atoms with Crippen molar-refractivity contribution in [1.29, 1.82) is 0 Å². The van der Waals surface area contributed by atoms with Gasteiger partial charge in [-0.05, 0) is 36.7 Å². The van der Waals surface area contributed by atoms with E-state index in [1.807, 2.05) is 0 Å². The normalized spacial score (nSPS) is 14.5. The fourth-order valence-corrected chi connectivity index (χ4v) is 1.88. The number of nitro groups is 1. The predicted octanol–water partition coefficient (Wildman–Crippen LogP) is 2.56. The lowest BCUT2D eigenvalue weighted by Gasteiger charge is -2.01. The summed E-state index contributed by atoms with van der Waals surface area (Å²) < 4.78 is 0. The molecule has 5 nitrogen and oxygen atoms in total. The van der Waals surface area contributed by atoms with Gasteiger partial charge in [0.2, 0.25) is 0 Å². The van der Waals surface area contributed by atoms with Crippen LogP contribution in [0.15, 0.2) is 29.2 Å². The third-order valence-corrected chi connectivity index (χ3v) is 2.97. The number of benzene rings is 1. The monoisotopic (exact) mass is 238 g/mol. The maximum atomic E-state index is 11.4. The molecule has 1 aliphatic rings. The van der Waals surface area contributed by atoms with Crippen molar-refractivity contribution in [2.75, 3.05) is 0 Å². The molecular formula is C10H10N2O3S. The molecule has 1 fully saturated rings. The molecule has 1 N–H and O–H groups in total. The summed E-state index contributed by atoms with van der Waals surface area (Å²) in [5, 5.41) is 13.1. The van der Waals surface area contributed by atoms with Crippen molar-refractivity contribution < 1.29 is 9.72 Å². The molecule has 0 bridgehead atoms. The van der Waals surface area contributed by atoms with E-state index in [2.05, 4.69) is 5.32 Å². The highest BCUT2D eigenvalue weighted by Crippen LogP contribution is 2.25. The van der Waals surface area contributed by atoms with Crippen LogP contribution in [0.25, 0.3) is 0 Å². The molecule has 16 heavy (non-hydrogen) atoms. The predicted molar refractivity (Wildman–Crippen MR) is 60.5 cm³/mol. The zero-order valence-corrected chi connectivity index (χ0v) is 9.20. The lowest BCUT2D eigenvalue weighted by atomic mass is 10.3. The van der Waals surface area contributed by atoms with Crippen molar-refractivity contribution in [2.24, 2.45) is 0 Å². The van der Waals surface area contributed by atoms with E-state index in [1.54, 1.807) is 12.1 Å². The van der Waals surface area contributed by atoms with Crippen molar-refractivity contribution in [3.63, 3.8) is 0 Å². The van der Waals surface area contributed by atoms with Crippen LogP contribution < -0.4 is 5.32 Å². The SMILES string of the molecule is O=C(NC1CC1)Sc1ccc([N+](=O)[O-])cc1. The van der Waals surface area contributed by atoms with E-state index >= 15 is 0 Å². The first-order valence-corrected chi connectivity index (χ1v) is 5.69. The third-order valence-electron chi connectivity index (χ3n) is 2.16. The molecule has 1 aromatic rings. The molecular weight excluding hydrogens is 228 g/mol. The summed E-state index contributed by atoms with van der Waals surface area (Å²) >= 11 is 1.06. The van der Waals surface area contributed by atoms with Gasteiger partial charge in [0.25, 0.3) is 10.9 Å². The molecule has 0 radical (unpaired) electrons. The van der Waals surface area contributed by atoms with Crippen LogP contribution in [-0.4, -0.2) is 16.2 Å². The van der Waals surface area contributed by atoms with Crippen molar-refractivity contribution in [2.45, 2.75) is 23.8 Å². The quantitative estimate of drug-likeness (QED) is 0.499. The number of nitro benzene ring substituents is 1. The van der Waals surface area contributed by atoms with Gasteiger partial charge in [0.05, 0.1) is 4.92 Å². The van der Waals surface area contributed by atoms with Gasteiger partial charge in [-0.2, -0.15) is 0 Å². The van der Waals surface area contributed by atoms with Crippen molar-refractivity contribution in [1.82, 2.24) is 5.32 Å². The van der Waals surface area contributed by atoms with Crippen molar-refractivity contribution in [3.8, 4) is 0 Å². The van der Waals surface area contributed by atoms with Gasteiger partial charge < -0.3 is 5.32 Å². The number of thioether (sulfide) groups is 1. The largest absolute Gasteiger partial charge is 0.344 e. The average Bonchev–Trinajstić information content (AvgIpc) is 3.02. The highest BCUT2D eigenvalue weighted by molar-refractivity contribution is 8.13. The molecule has 0 aliphatic heterocycles. The minimum atomic E-state index is -0.460. The molecule has 1 aliphatic carbocycles. The minimum absolute atomic E-state index is 0.0342. The summed E-state index contributed by atoms with van der Waals surface area (Å²) in [7, 11) is 0. The lowest BCUT2D eigenvalue weighted by molar-refractivity contribution is -0.384. The standard InChI is InChI=1S/C10H10N2O3S/c13-10(11-7-1-2-7)16-9-5-3-8(4-6-9)12(14)15/h3-7H,1-2H2,(H,11,13). The van der Waals surface area contributed by atoms with Gasteiger partial charge >= 0.3 is 0 Å². The maximum Gasteiger partial charge on any atom is 0.284 e.